The molecule has 2 aromatic rings. The zero-order chi connectivity index (χ0) is 17.0. The van der Waals surface area contributed by atoms with E-state index in [1.165, 1.54) is 0 Å². The molecular weight excluding hydrogens is 349 g/mol. The molecule has 6 heteroatoms. The fourth-order valence-corrected chi connectivity index (χ4v) is 2.36. The summed E-state index contributed by atoms with van der Waals surface area (Å²) < 4.78 is 5.84. The van der Waals surface area contributed by atoms with Gasteiger partial charge in [-0.05, 0) is 62.4 Å². The first-order valence-corrected chi connectivity index (χ1v) is 7.70. The molecule has 0 aromatic heterocycles. The number of likely N-dealkylation sites (N-methyl/N-ethyl adjacent to an activating group) is 1. The molecule has 0 spiro atoms. The van der Waals surface area contributed by atoms with E-state index in [-0.39, 0.29) is 12.4 Å². The second kappa shape index (κ2) is 8.92. The van der Waals surface area contributed by atoms with Crippen LogP contribution in [0, 0.1) is 6.92 Å². The first kappa shape index (κ1) is 20.3. The molecule has 1 atom stereocenters. The number of hydrogen-bond donors (Lipinski definition) is 1. The Bertz CT molecular complexity index is 689. The SMILES string of the molecule is Cc1cc(Cl)ccc1Oc1ccc(CN(C)C(C)C(=O)O)cc1.Cl. The maximum absolute atomic E-state index is 11.0. The van der Waals surface area contributed by atoms with Gasteiger partial charge in [0, 0.05) is 11.6 Å². The lowest BCUT2D eigenvalue weighted by molar-refractivity contribution is -0.142. The largest absolute Gasteiger partial charge is 0.480 e. The molecule has 1 unspecified atom stereocenters. The number of halogens is 2. The van der Waals surface area contributed by atoms with Gasteiger partial charge in [0.25, 0.3) is 0 Å². The number of rotatable bonds is 6. The Labute approximate surface area is 153 Å². The standard InChI is InChI=1S/C18H20ClNO3.ClH/c1-12-10-15(19)6-9-17(12)23-16-7-4-14(5-8-16)11-20(3)13(2)18(21)22;/h4-10,13H,11H2,1-3H3,(H,21,22);1H. The second-order valence-electron chi connectivity index (χ2n) is 5.59. The molecule has 0 aliphatic carbocycles. The van der Waals surface area contributed by atoms with Gasteiger partial charge in [-0.1, -0.05) is 23.7 Å². The van der Waals surface area contributed by atoms with Crippen LogP contribution in [0.2, 0.25) is 5.02 Å². The van der Waals surface area contributed by atoms with Crippen molar-refractivity contribution in [2.75, 3.05) is 7.05 Å². The van der Waals surface area contributed by atoms with Crippen LogP contribution in [-0.2, 0) is 11.3 Å². The third kappa shape index (κ3) is 5.41. The Morgan fingerprint density at radius 3 is 2.42 bits per heavy atom. The van der Waals surface area contributed by atoms with Gasteiger partial charge in [0.15, 0.2) is 0 Å². The van der Waals surface area contributed by atoms with E-state index in [0.717, 1.165) is 22.6 Å². The van der Waals surface area contributed by atoms with Crippen LogP contribution < -0.4 is 4.74 Å². The smallest absolute Gasteiger partial charge is 0.320 e. The van der Waals surface area contributed by atoms with Gasteiger partial charge in [0.2, 0.25) is 0 Å². The predicted molar refractivity (Wildman–Crippen MR) is 98.5 cm³/mol. The topological polar surface area (TPSA) is 49.8 Å². The highest BCUT2D eigenvalue weighted by Crippen LogP contribution is 2.27. The molecule has 0 radical (unpaired) electrons. The van der Waals surface area contributed by atoms with Gasteiger partial charge in [-0.3, -0.25) is 9.69 Å². The van der Waals surface area contributed by atoms with E-state index in [1.807, 2.05) is 43.3 Å². The Morgan fingerprint density at radius 2 is 1.88 bits per heavy atom. The molecule has 24 heavy (non-hydrogen) atoms. The molecule has 1 N–H and O–H groups in total. The maximum atomic E-state index is 11.0. The van der Waals surface area contributed by atoms with Crippen LogP contribution in [0.4, 0.5) is 0 Å². The highest BCUT2D eigenvalue weighted by atomic mass is 35.5. The summed E-state index contributed by atoms with van der Waals surface area (Å²) in [6, 6.07) is 12.6. The van der Waals surface area contributed by atoms with E-state index < -0.39 is 12.0 Å². The van der Waals surface area contributed by atoms with Crippen molar-refractivity contribution in [1.82, 2.24) is 4.90 Å². The normalized spacial score (nSPS) is 11.7. The van der Waals surface area contributed by atoms with Crippen molar-refractivity contribution >= 4 is 30.0 Å². The minimum Gasteiger partial charge on any atom is -0.480 e. The summed E-state index contributed by atoms with van der Waals surface area (Å²) in [5, 5.41) is 9.69. The molecule has 0 fully saturated rings. The van der Waals surface area contributed by atoms with Crippen molar-refractivity contribution in [2.45, 2.75) is 26.4 Å². The number of benzene rings is 2. The fourth-order valence-electron chi connectivity index (χ4n) is 2.13. The quantitative estimate of drug-likeness (QED) is 0.796. The maximum Gasteiger partial charge on any atom is 0.320 e. The summed E-state index contributed by atoms with van der Waals surface area (Å²) in [6.07, 6.45) is 0. The van der Waals surface area contributed by atoms with Crippen LogP contribution in [0.5, 0.6) is 11.5 Å². The van der Waals surface area contributed by atoms with Crippen molar-refractivity contribution in [3.05, 3.63) is 58.6 Å². The minimum absolute atomic E-state index is 0. The predicted octanol–water partition coefficient (Wildman–Crippen LogP) is 4.77. The zero-order valence-corrected chi connectivity index (χ0v) is 15.4. The number of nitrogens with zero attached hydrogens (tertiary/aromatic N) is 1. The van der Waals surface area contributed by atoms with Crippen LogP contribution in [0.15, 0.2) is 42.5 Å². The van der Waals surface area contributed by atoms with E-state index >= 15 is 0 Å². The molecule has 130 valence electrons. The number of aryl methyl sites for hydroxylation is 1. The van der Waals surface area contributed by atoms with Crippen LogP contribution in [0.1, 0.15) is 18.1 Å². The Morgan fingerprint density at radius 1 is 1.25 bits per heavy atom. The third-order valence-corrected chi connectivity index (χ3v) is 3.97. The molecule has 0 amide bonds. The van der Waals surface area contributed by atoms with E-state index in [2.05, 4.69) is 0 Å². The Balaban J connectivity index is 0.00000288. The van der Waals surface area contributed by atoms with Crippen molar-refractivity contribution in [2.24, 2.45) is 0 Å². The monoisotopic (exact) mass is 369 g/mol. The highest BCUT2D eigenvalue weighted by molar-refractivity contribution is 6.30. The van der Waals surface area contributed by atoms with Crippen molar-refractivity contribution in [3.63, 3.8) is 0 Å². The van der Waals surface area contributed by atoms with Gasteiger partial charge in [-0.25, -0.2) is 0 Å². The number of carbonyl (C=O) groups is 1. The van der Waals surface area contributed by atoms with E-state index in [1.54, 1.807) is 24.9 Å². The molecule has 0 heterocycles. The summed E-state index contributed by atoms with van der Waals surface area (Å²) >= 11 is 5.93. The lowest BCUT2D eigenvalue weighted by Crippen LogP contribution is -2.35. The number of ether oxygens (including phenoxy) is 1. The first-order chi connectivity index (χ1) is 10.9. The third-order valence-electron chi connectivity index (χ3n) is 3.74. The summed E-state index contributed by atoms with van der Waals surface area (Å²) in [4.78, 5) is 12.8. The van der Waals surface area contributed by atoms with Crippen LogP contribution in [0.3, 0.4) is 0 Å². The number of aliphatic carboxylic acids is 1. The average Bonchev–Trinajstić information content (AvgIpc) is 2.51. The molecule has 0 aliphatic heterocycles. The molecule has 2 rings (SSSR count). The molecule has 0 aliphatic rings. The lowest BCUT2D eigenvalue weighted by atomic mass is 10.2. The lowest BCUT2D eigenvalue weighted by Gasteiger charge is -2.21. The molecule has 0 saturated heterocycles. The summed E-state index contributed by atoms with van der Waals surface area (Å²) in [5.74, 6) is 0.664. The molecule has 2 aromatic carbocycles. The van der Waals surface area contributed by atoms with Crippen molar-refractivity contribution < 1.29 is 14.6 Å². The zero-order valence-electron chi connectivity index (χ0n) is 13.8. The van der Waals surface area contributed by atoms with Crippen LogP contribution in [0.25, 0.3) is 0 Å². The summed E-state index contributed by atoms with van der Waals surface area (Å²) in [5.41, 5.74) is 2.00. The minimum atomic E-state index is -0.828. The van der Waals surface area contributed by atoms with Gasteiger partial charge in [0.1, 0.15) is 17.5 Å². The van der Waals surface area contributed by atoms with Gasteiger partial charge in [-0.2, -0.15) is 0 Å². The second-order valence-corrected chi connectivity index (χ2v) is 6.02. The summed E-state index contributed by atoms with van der Waals surface area (Å²) in [6.45, 7) is 4.18. The van der Waals surface area contributed by atoms with Gasteiger partial charge >= 0.3 is 5.97 Å². The van der Waals surface area contributed by atoms with Crippen LogP contribution in [-0.4, -0.2) is 29.1 Å². The number of hydrogen-bond acceptors (Lipinski definition) is 3. The molecule has 4 nitrogen and oxygen atoms in total. The van der Waals surface area contributed by atoms with Crippen molar-refractivity contribution in [1.29, 1.82) is 0 Å². The van der Waals surface area contributed by atoms with Gasteiger partial charge in [0.05, 0.1) is 0 Å². The van der Waals surface area contributed by atoms with Crippen LogP contribution >= 0.6 is 24.0 Å². The molecule has 0 bridgehead atoms. The van der Waals surface area contributed by atoms with Gasteiger partial charge < -0.3 is 9.84 Å². The Hall–Kier alpha value is -1.75. The Kier molecular flexibility index (Phi) is 7.55. The first-order valence-electron chi connectivity index (χ1n) is 7.33. The van der Waals surface area contributed by atoms with E-state index in [4.69, 9.17) is 21.4 Å². The average molecular weight is 370 g/mol. The van der Waals surface area contributed by atoms with E-state index in [0.29, 0.717) is 11.6 Å². The summed E-state index contributed by atoms with van der Waals surface area (Å²) in [7, 11) is 1.79. The highest BCUT2D eigenvalue weighted by Gasteiger charge is 2.16. The van der Waals surface area contributed by atoms with Crippen molar-refractivity contribution in [3.8, 4) is 11.5 Å². The number of carboxylic acids is 1. The molecule has 0 saturated carbocycles. The fraction of sp³-hybridized carbons (Fsp3) is 0.278. The van der Waals surface area contributed by atoms with Gasteiger partial charge in [-0.15, -0.1) is 12.4 Å². The number of carboxylic acid groups (broad SMARTS) is 1. The van der Waals surface area contributed by atoms with E-state index in [9.17, 15) is 4.79 Å². The molecular formula is C18H21Cl2NO3.